The third-order valence-corrected chi connectivity index (χ3v) is 4.79. The average Bonchev–Trinajstić information content (AvgIpc) is 2.74. The molecule has 98 valence electrons. The number of rotatable bonds is 2. The lowest BCUT2D eigenvalue weighted by molar-refractivity contribution is 0.588. The molecule has 0 bridgehead atoms. The van der Waals surface area contributed by atoms with E-state index in [4.69, 9.17) is 0 Å². The van der Waals surface area contributed by atoms with Gasteiger partial charge in [-0.3, -0.25) is 4.98 Å². The number of aromatic nitrogens is 2. The maximum atomic E-state index is 11.8. The summed E-state index contributed by atoms with van der Waals surface area (Å²) in [6.45, 7) is 0. The SMILES string of the molecule is CNS(=O)(=O)c1ccc2c(c1)[nH]c1cc(Br)cnc12. The summed E-state index contributed by atoms with van der Waals surface area (Å²) < 4.78 is 26.7. The van der Waals surface area contributed by atoms with Crippen LogP contribution in [0.4, 0.5) is 0 Å². The van der Waals surface area contributed by atoms with Gasteiger partial charge in [-0.15, -0.1) is 0 Å². The lowest BCUT2D eigenvalue weighted by atomic mass is 10.2. The fourth-order valence-electron chi connectivity index (χ4n) is 2.01. The van der Waals surface area contributed by atoms with Gasteiger partial charge in [0.25, 0.3) is 0 Å². The van der Waals surface area contributed by atoms with E-state index in [1.807, 2.05) is 6.07 Å². The smallest absolute Gasteiger partial charge is 0.240 e. The molecule has 0 amide bonds. The number of halogens is 1. The van der Waals surface area contributed by atoms with Gasteiger partial charge in [-0.05, 0) is 47.2 Å². The molecule has 5 nitrogen and oxygen atoms in total. The van der Waals surface area contributed by atoms with Crippen LogP contribution in [0, 0.1) is 0 Å². The van der Waals surface area contributed by atoms with E-state index in [9.17, 15) is 8.42 Å². The summed E-state index contributed by atoms with van der Waals surface area (Å²) in [4.78, 5) is 7.74. The molecule has 0 fully saturated rings. The molecule has 0 aliphatic carbocycles. The van der Waals surface area contributed by atoms with Crippen molar-refractivity contribution in [3.63, 3.8) is 0 Å². The van der Waals surface area contributed by atoms with E-state index in [2.05, 4.69) is 30.6 Å². The zero-order valence-corrected chi connectivity index (χ0v) is 12.3. The zero-order chi connectivity index (χ0) is 13.6. The number of hydrogen-bond donors (Lipinski definition) is 2. The topological polar surface area (TPSA) is 74.8 Å². The van der Waals surface area contributed by atoms with E-state index in [0.29, 0.717) is 0 Å². The van der Waals surface area contributed by atoms with Gasteiger partial charge in [0.05, 0.1) is 15.9 Å². The fraction of sp³-hybridized carbons (Fsp3) is 0.0833. The second-order valence-electron chi connectivity index (χ2n) is 4.09. The highest BCUT2D eigenvalue weighted by Gasteiger charge is 2.14. The van der Waals surface area contributed by atoms with Crippen molar-refractivity contribution in [2.75, 3.05) is 7.05 Å². The van der Waals surface area contributed by atoms with E-state index < -0.39 is 10.0 Å². The lowest BCUT2D eigenvalue weighted by Crippen LogP contribution is -2.18. The summed E-state index contributed by atoms with van der Waals surface area (Å²) in [5.74, 6) is 0. The van der Waals surface area contributed by atoms with Crippen LogP contribution in [-0.4, -0.2) is 25.4 Å². The summed E-state index contributed by atoms with van der Waals surface area (Å²) in [6.07, 6.45) is 1.72. The van der Waals surface area contributed by atoms with Crippen LogP contribution in [0.5, 0.6) is 0 Å². The molecule has 0 unspecified atom stereocenters. The first kappa shape index (κ1) is 12.6. The van der Waals surface area contributed by atoms with Crippen molar-refractivity contribution >= 4 is 47.9 Å². The number of fused-ring (bicyclic) bond motifs is 3. The summed E-state index contributed by atoms with van der Waals surface area (Å²) in [5.41, 5.74) is 2.44. The van der Waals surface area contributed by atoms with E-state index in [-0.39, 0.29) is 4.90 Å². The summed E-state index contributed by atoms with van der Waals surface area (Å²) in [7, 11) is -2.04. The van der Waals surface area contributed by atoms with Crippen LogP contribution in [0.15, 0.2) is 39.8 Å². The van der Waals surface area contributed by atoms with Crippen molar-refractivity contribution < 1.29 is 8.42 Å². The predicted octanol–water partition coefficient (Wildman–Crippen LogP) is 2.39. The monoisotopic (exact) mass is 339 g/mol. The molecule has 19 heavy (non-hydrogen) atoms. The molecular formula is C12H10BrN3O2S. The fourth-order valence-corrected chi connectivity index (χ4v) is 3.10. The van der Waals surface area contributed by atoms with Crippen molar-refractivity contribution in [2.24, 2.45) is 0 Å². The second-order valence-corrected chi connectivity index (χ2v) is 6.89. The van der Waals surface area contributed by atoms with Crippen LogP contribution < -0.4 is 4.72 Å². The molecule has 0 aliphatic rings. The van der Waals surface area contributed by atoms with Gasteiger partial charge in [-0.1, -0.05) is 0 Å². The van der Waals surface area contributed by atoms with Crippen molar-refractivity contribution in [2.45, 2.75) is 4.90 Å². The maximum Gasteiger partial charge on any atom is 0.240 e. The molecule has 7 heteroatoms. The zero-order valence-electron chi connectivity index (χ0n) is 9.94. The Bertz CT molecular complexity index is 887. The molecule has 0 radical (unpaired) electrons. The Morgan fingerprint density at radius 2 is 2.05 bits per heavy atom. The number of hydrogen-bond acceptors (Lipinski definition) is 3. The maximum absolute atomic E-state index is 11.8. The Hall–Kier alpha value is -1.44. The number of H-pyrrole nitrogens is 1. The minimum Gasteiger partial charge on any atom is -0.353 e. The third-order valence-electron chi connectivity index (χ3n) is 2.95. The number of sulfonamides is 1. The van der Waals surface area contributed by atoms with Gasteiger partial charge in [0.1, 0.15) is 0 Å². The van der Waals surface area contributed by atoms with Crippen LogP contribution in [-0.2, 0) is 10.0 Å². The molecule has 1 aromatic carbocycles. The van der Waals surface area contributed by atoms with Crippen LogP contribution in [0.2, 0.25) is 0 Å². The van der Waals surface area contributed by atoms with E-state index in [1.165, 1.54) is 7.05 Å². The first-order chi connectivity index (χ1) is 9.01. The van der Waals surface area contributed by atoms with Gasteiger partial charge in [-0.2, -0.15) is 0 Å². The third kappa shape index (κ3) is 2.03. The molecular weight excluding hydrogens is 330 g/mol. The number of nitrogens with one attached hydrogen (secondary N) is 2. The lowest BCUT2D eigenvalue weighted by Gasteiger charge is -2.01. The molecule has 3 aromatic rings. The Morgan fingerprint density at radius 3 is 2.79 bits per heavy atom. The predicted molar refractivity (Wildman–Crippen MR) is 77.5 cm³/mol. The summed E-state index contributed by atoms with van der Waals surface area (Å²) >= 11 is 3.36. The van der Waals surface area contributed by atoms with Crippen molar-refractivity contribution in [3.05, 3.63) is 34.9 Å². The highest BCUT2D eigenvalue weighted by Crippen LogP contribution is 2.27. The quantitative estimate of drug-likeness (QED) is 0.752. The van der Waals surface area contributed by atoms with E-state index in [1.54, 1.807) is 24.4 Å². The van der Waals surface area contributed by atoms with Crippen LogP contribution in [0.3, 0.4) is 0 Å². The number of benzene rings is 1. The van der Waals surface area contributed by atoms with Gasteiger partial charge >= 0.3 is 0 Å². The molecule has 2 heterocycles. The van der Waals surface area contributed by atoms with Crippen molar-refractivity contribution in [1.29, 1.82) is 0 Å². The van der Waals surface area contributed by atoms with Gasteiger partial charge in [0.15, 0.2) is 0 Å². The Balaban J connectivity index is 2.33. The number of nitrogens with zero attached hydrogens (tertiary/aromatic N) is 1. The Kier molecular flexibility index (Phi) is 2.84. The number of pyridine rings is 1. The standard InChI is InChI=1S/C12H10BrN3O2S/c1-14-19(17,18)8-2-3-9-10(5-8)16-11-4-7(13)6-15-12(9)11/h2-6,14,16H,1H3. The molecule has 3 rings (SSSR count). The van der Waals surface area contributed by atoms with Crippen LogP contribution in [0.1, 0.15) is 0 Å². The van der Waals surface area contributed by atoms with E-state index >= 15 is 0 Å². The highest BCUT2D eigenvalue weighted by molar-refractivity contribution is 9.10. The molecule has 0 aliphatic heterocycles. The van der Waals surface area contributed by atoms with Crippen molar-refractivity contribution in [1.82, 2.24) is 14.7 Å². The van der Waals surface area contributed by atoms with Crippen LogP contribution >= 0.6 is 15.9 Å². The van der Waals surface area contributed by atoms with Gasteiger partial charge in [0, 0.05) is 21.6 Å². The average molecular weight is 340 g/mol. The second kappa shape index (κ2) is 4.29. The summed E-state index contributed by atoms with van der Waals surface area (Å²) in [6, 6.07) is 6.86. The van der Waals surface area contributed by atoms with Gasteiger partial charge < -0.3 is 4.98 Å². The van der Waals surface area contributed by atoms with E-state index in [0.717, 1.165) is 26.4 Å². The molecule has 0 atom stereocenters. The number of aromatic amines is 1. The molecule has 2 aromatic heterocycles. The molecule has 0 spiro atoms. The Labute approximate surface area is 118 Å². The molecule has 0 saturated heterocycles. The Morgan fingerprint density at radius 1 is 1.26 bits per heavy atom. The summed E-state index contributed by atoms with van der Waals surface area (Å²) in [5, 5.41) is 0.901. The normalized spacial score (nSPS) is 12.3. The highest BCUT2D eigenvalue weighted by atomic mass is 79.9. The van der Waals surface area contributed by atoms with Crippen molar-refractivity contribution in [3.8, 4) is 0 Å². The molecule has 2 N–H and O–H groups in total. The minimum absolute atomic E-state index is 0.230. The molecule has 0 saturated carbocycles. The first-order valence-electron chi connectivity index (χ1n) is 5.52. The van der Waals surface area contributed by atoms with Crippen LogP contribution in [0.25, 0.3) is 21.9 Å². The van der Waals surface area contributed by atoms with Gasteiger partial charge in [-0.25, -0.2) is 13.1 Å². The largest absolute Gasteiger partial charge is 0.353 e. The first-order valence-corrected chi connectivity index (χ1v) is 7.79. The van der Waals surface area contributed by atoms with Gasteiger partial charge in [0.2, 0.25) is 10.0 Å². The minimum atomic E-state index is -3.43.